The molecular weight excluding hydrogens is 542 g/mol. The fourth-order valence-corrected chi connectivity index (χ4v) is 7.96. The average Bonchev–Trinajstić information content (AvgIpc) is 3.36. The van der Waals surface area contributed by atoms with Gasteiger partial charge in [-0.05, 0) is 102 Å². The van der Waals surface area contributed by atoms with Crippen molar-refractivity contribution in [1.29, 1.82) is 0 Å². The van der Waals surface area contributed by atoms with Gasteiger partial charge in [-0.15, -0.1) is 0 Å². The number of hydrogen-bond acceptors (Lipinski definition) is 1. The van der Waals surface area contributed by atoms with E-state index in [-0.39, 0.29) is 21.7 Å². The van der Waals surface area contributed by atoms with Gasteiger partial charge in [0.1, 0.15) is 0 Å². The number of rotatable bonds is 3. The number of anilines is 2. The molecule has 5 aromatic rings. The number of fused-ring (bicyclic) bond motifs is 6. The van der Waals surface area contributed by atoms with Gasteiger partial charge in [-0.25, -0.2) is 0 Å². The van der Waals surface area contributed by atoms with Crippen molar-refractivity contribution in [3.05, 3.63) is 130 Å². The lowest BCUT2D eigenvalue weighted by atomic mass is 9.71. The first-order valence-corrected chi connectivity index (χ1v) is 16.5. The quantitative estimate of drug-likeness (QED) is 0.221. The Morgan fingerprint density at radius 1 is 0.489 bits per heavy atom. The number of hydrogen-bond donors (Lipinski definition) is 1. The molecule has 5 aromatic carbocycles. The Kier molecular flexibility index (Phi) is 6.38. The predicted molar refractivity (Wildman–Crippen MR) is 194 cm³/mol. The largest absolute Gasteiger partial charge is 0.356 e. The Morgan fingerprint density at radius 2 is 1.11 bits per heavy atom. The minimum atomic E-state index is -0.0673. The van der Waals surface area contributed by atoms with Crippen LogP contribution in [0.2, 0.25) is 0 Å². The van der Waals surface area contributed by atoms with Crippen molar-refractivity contribution in [2.45, 2.75) is 90.9 Å². The Balaban J connectivity index is 1.27. The third-order valence-electron chi connectivity index (χ3n) is 10.5. The van der Waals surface area contributed by atoms with Crippen molar-refractivity contribution in [2.75, 3.05) is 5.32 Å². The summed E-state index contributed by atoms with van der Waals surface area (Å²) < 4.78 is 0. The van der Waals surface area contributed by atoms with Crippen molar-refractivity contribution >= 4 is 11.4 Å². The highest BCUT2D eigenvalue weighted by molar-refractivity contribution is 5.94. The first kappa shape index (κ1) is 29.6. The summed E-state index contributed by atoms with van der Waals surface area (Å²) in [5.74, 6) is 0. The molecule has 7 rings (SSSR count). The molecule has 0 aromatic heterocycles. The van der Waals surface area contributed by atoms with Gasteiger partial charge in [0.15, 0.2) is 0 Å². The lowest BCUT2D eigenvalue weighted by Crippen LogP contribution is -2.24. The predicted octanol–water partition coefficient (Wildman–Crippen LogP) is 12.3. The number of benzene rings is 5. The molecule has 0 radical (unpaired) electrons. The molecule has 0 fully saturated rings. The van der Waals surface area contributed by atoms with Crippen LogP contribution >= 0.6 is 0 Å². The maximum Gasteiger partial charge on any atom is 0.0387 e. The zero-order valence-corrected chi connectivity index (χ0v) is 28.7. The lowest BCUT2D eigenvalue weighted by Gasteiger charge is -2.32. The summed E-state index contributed by atoms with van der Waals surface area (Å²) in [6, 6.07) is 36.6. The summed E-state index contributed by atoms with van der Waals surface area (Å²) in [5.41, 5.74) is 18.9. The van der Waals surface area contributed by atoms with Crippen molar-refractivity contribution in [2.24, 2.45) is 0 Å². The minimum absolute atomic E-state index is 0.00899. The second-order valence-electron chi connectivity index (χ2n) is 16.4. The topological polar surface area (TPSA) is 12.0 Å². The Hall–Kier alpha value is -4.10. The fourth-order valence-electron chi connectivity index (χ4n) is 7.96. The average molecular weight is 590 g/mol. The van der Waals surface area contributed by atoms with E-state index in [0.29, 0.717) is 0 Å². The van der Waals surface area contributed by atoms with Crippen molar-refractivity contribution in [3.63, 3.8) is 0 Å². The Bertz CT molecular complexity index is 1970. The van der Waals surface area contributed by atoms with E-state index >= 15 is 0 Å². The summed E-state index contributed by atoms with van der Waals surface area (Å²) in [7, 11) is 0. The van der Waals surface area contributed by atoms with Gasteiger partial charge in [-0.3, -0.25) is 0 Å². The van der Waals surface area contributed by atoms with Gasteiger partial charge >= 0.3 is 0 Å². The van der Waals surface area contributed by atoms with E-state index in [2.05, 4.69) is 172 Å². The second-order valence-corrected chi connectivity index (χ2v) is 16.4. The lowest BCUT2D eigenvalue weighted by molar-refractivity contribution is 0.545. The van der Waals surface area contributed by atoms with Crippen LogP contribution < -0.4 is 5.32 Å². The van der Waals surface area contributed by atoms with Gasteiger partial charge in [-0.2, -0.15) is 0 Å². The molecule has 0 amide bonds. The monoisotopic (exact) mass is 589 g/mol. The van der Waals surface area contributed by atoms with E-state index in [9.17, 15) is 0 Å². The van der Waals surface area contributed by atoms with E-state index in [1.165, 1.54) is 66.8 Å². The van der Waals surface area contributed by atoms with Crippen LogP contribution in [0.3, 0.4) is 0 Å². The normalized spacial score (nSPS) is 15.7. The van der Waals surface area contributed by atoms with Crippen molar-refractivity contribution < 1.29 is 0 Å². The Labute approximate surface area is 270 Å². The molecule has 1 nitrogen and oxygen atoms in total. The van der Waals surface area contributed by atoms with Crippen LogP contribution in [-0.4, -0.2) is 0 Å². The zero-order chi connectivity index (χ0) is 32.1. The smallest absolute Gasteiger partial charge is 0.0387 e. The van der Waals surface area contributed by atoms with E-state index < -0.39 is 0 Å². The molecule has 2 aliphatic carbocycles. The fraction of sp³-hybridized carbons (Fsp3) is 0.318. The van der Waals surface area contributed by atoms with Crippen molar-refractivity contribution in [3.8, 4) is 33.4 Å². The van der Waals surface area contributed by atoms with Gasteiger partial charge in [0.2, 0.25) is 0 Å². The molecular formula is C44H47N. The number of nitrogens with one attached hydrogen (secondary N) is 1. The highest BCUT2D eigenvalue weighted by atomic mass is 14.9. The van der Waals surface area contributed by atoms with Gasteiger partial charge < -0.3 is 5.32 Å². The van der Waals surface area contributed by atoms with E-state index in [1.54, 1.807) is 0 Å². The summed E-state index contributed by atoms with van der Waals surface area (Å²) in [6.07, 6.45) is 0. The van der Waals surface area contributed by atoms with Crippen LogP contribution in [0.15, 0.2) is 97.1 Å². The molecule has 0 saturated carbocycles. The first-order chi connectivity index (χ1) is 21.1. The molecule has 0 unspecified atom stereocenters. The van der Waals surface area contributed by atoms with Crippen LogP contribution in [-0.2, 0) is 21.7 Å². The maximum absolute atomic E-state index is 3.71. The molecule has 0 spiro atoms. The molecule has 45 heavy (non-hydrogen) atoms. The molecule has 228 valence electrons. The van der Waals surface area contributed by atoms with Gasteiger partial charge in [0, 0.05) is 22.2 Å². The molecule has 0 atom stereocenters. The molecule has 0 aliphatic heterocycles. The summed E-state index contributed by atoms with van der Waals surface area (Å²) in [6.45, 7) is 23.6. The Morgan fingerprint density at radius 3 is 1.80 bits per heavy atom. The highest BCUT2D eigenvalue weighted by Crippen LogP contribution is 2.56. The maximum atomic E-state index is 3.71. The van der Waals surface area contributed by atoms with Crippen LogP contribution in [0.25, 0.3) is 33.4 Å². The van der Waals surface area contributed by atoms with Crippen molar-refractivity contribution in [1.82, 2.24) is 0 Å². The van der Waals surface area contributed by atoms with E-state index in [1.807, 2.05) is 0 Å². The molecule has 2 aliphatic rings. The van der Waals surface area contributed by atoms with E-state index in [0.717, 1.165) is 11.4 Å². The van der Waals surface area contributed by atoms with Crippen LogP contribution in [0.1, 0.15) is 103 Å². The SMILES string of the molecule is CC(C)(C)c1cc2c(c(C(C)(C)C)c1)C(C)(C)c1cccc(-c3ccc(Nc4ccc5c(c4)C(C)(C)c4ccccc4-5)cc3)c1-2. The molecule has 0 saturated heterocycles. The van der Waals surface area contributed by atoms with Crippen LogP contribution in [0, 0.1) is 0 Å². The van der Waals surface area contributed by atoms with Gasteiger partial charge in [0.05, 0.1) is 0 Å². The van der Waals surface area contributed by atoms with Crippen LogP contribution in [0.4, 0.5) is 11.4 Å². The summed E-state index contributed by atoms with van der Waals surface area (Å²) >= 11 is 0. The minimum Gasteiger partial charge on any atom is -0.356 e. The highest BCUT2D eigenvalue weighted by Gasteiger charge is 2.41. The molecule has 1 heteroatoms. The third kappa shape index (κ3) is 4.58. The summed E-state index contributed by atoms with van der Waals surface area (Å²) in [4.78, 5) is 0. The summed E-state index contributed by atoms with van der Waals surface area (Å²) in [5, 5.41) is 3.71. The van der Waals surface area contributed by atoms with Gasteiger partial charge in [-0.1, -0.05) is 142 Å². The molecule has 0 bridgehead atoms. The zero-order valence-electron chi connectivity index (χ0n) is 28.7. The van der Waals surface area contributed by atoms with Gasteiger partial charge in [0.25, 0.3) is 0 Å². The third-order valence-corrected chi connectivity index (χ3v) is 10.5. The molecule has 0 heterocycles. The molecule has 1 N–H and O–H groups in total. The van der Waals surface area contributed by atoms with Crippen LogP contribution in [0.5, 0.6) is 0 Å². The first-order valence-electron chi connectivity index (χ1n) is 16.5. The second kappa shape index (κ2) is 9.70. The van der Waals surface area contributed by atoms with E-state index in [4.69, 9.17) is 0 Å². The standard InChI is InChI=1S/C44H47N/c1-41(2,3)28-24-34-39-31(15-13-17-36(39)44(9,10)40(34)38(25-28)42(4,5)6)27-18-20-29(21-19-27)45-30-22-23-33-32-14-11-12-16-35(32)43(7,8)37(33)26-30/h11-26,45H,1-10H3.